The minimum absolute atomic E-state index is 0.0312. The van der Waals surface area contributed by atoms with E-state index in [0.717, 1.165) is 24.8 Å². The molecular weight excluding hydrogens is 300 g/mol. The van der Waals surface area contributed by atoms with E-state index in [1.54, 1.807) is 18.2 Å². The van der Waals surface area contributed by atoms with Crippen molar-refractivity contribution in [1.29, 1.82) is 5.26 Å². The van der Waals surface area contributed by atoms with E-state index in [1.165, 1.54) is 17.7 Å². The van der Waals surface area contributed by atoms with Gasteiger partial charge in [0.1, 0.15) is 17.4 Å². The van der Waals surface area contributed by atoms with Gasteiger partial charge >= 0.3 is 0 Å². The number of amides is 1. The SMILES string of the molecule is N#C/C(=C\c1cccc(O)c1)C(=O)NC1CCCc2ccccc21. The zero-order chi connectivity index (χ0) is 16.9. The minimum Gasteiger partial charge on any atom is -0.508 e. The van der Waals surface area contributed by atoms with Gasteiger partial charge in [-0.1, -0.05) is 36.4 Å². The fourth-order valence-corrected chi connectivity index (χ4v) is 3.07. The molecule has 0 saturated carbocycles. The summed E-state index contributed by atoms with van der Waals surface area (Å²) in [7, 11) is 0. The van der Waals surface area contributed by atoms with Crippen molar-refractivity contribution in [3.63, 3.8) is 0 Å². The summed E-state index contributed by atoms with van der Waals surface area (Å²) < 4.78 is 0. The highest BCUT2D eigenvalue weighted by atomic mass is 16.3. The zero-order valence-electron chi connectivity index (χ0n) is 13.2. The molecule has 4 nitrogen and oxygen atoms in total. The van der Waals surface area contributed by atoms with Crippen molar-refractivity contribution in [3.05, 3.63) is 70.8 Å². The Balaban J connectivity index is 1.80. The summed E-state index contributed by atoms with van der Waals surface area (Å²) in [5.41, 5.74) is 3.03. The van der Waals surface area contributed by atoms with Crippen molar-refractivity contribution in [2.24, 2.45) is 0 Å². The summed E-state index contributed by atoms with van der Waals surface area (Å²) >= 11 is 0. The summed E-state index contributed by atoms with van der Waals surface area (Å²) in [6, 6.07) is 16.4. The molecule has 24 heavy (non-hydrogen) atoms. The Morgan fingerprint density at radius 2 is 2.08 bits per heavy atom. The van der Waals surface area contributed by atoms with E-state index in [4.69, 9.17) is 0 Å². The Bertz CT molecular complexity index is 834. The lowest BCUT2D eigenvalue weighted by atomic mass is 9.87. The molecule has 0 radical (unpaired) electrons. The predicted octanol–water partition coefficient (Wildman–Crippen LogP) is 3.49. The molecule has 1 unspecified atom stereocenters. The number of carbonyl (C=O) groups is 1. The van der Waals surface area contributed by atoms with E-state index >= 15 is 0 Å². The van der Waals surface area contributed by atoms with Gasteiger partial charge in [0.15, 0.2) is 0 Å². The van der Waals surface area contributed by atoms with Gasteiger partial charge < -0.3 is 10.4 Å². The predicted molar refractivity (Wildman–Crippen MR) is 92.0 cm³/mol. The molecule has 0 bridgehead atoms. The van der Waals surface area contributed by atoms with E-state index < -0.39 is 0 Å². The van der Waals surface area contributed by atoms with Gasteiger partial charge in [0.2, 0.25) is 0 Å². The second kappa shape index (κ2) is 7.01. The van der Waals surface area contributed by atoms with Crippen LogP contribution in [0.1, 0.15) is 35.6 Å². The lowest BCUT2D eigenvalue weighted by Crippen LogP contribution is -2.31. The minimum atomic E-state index is -0.387. The van der Waals surface area contributed by atoms with Crippen molar-refractivity contribution in [1.82, 2.24) is 5.32 Å². The fourth-order valence-electron chi connectivity index (χ4n) is 3.07. The van der Waals surface area contributed by atoms with E-state index in [9.17, 15) is 15.2 Å². The number of nitriles is 1. The van der Waals surface area contributed by atoms with Gasteiger partial charge in [0.25, 0.3) is 5.91 Å². The molecule has 1 aliphatic carbocycles. The van der Waals surface area contributed by atoms with Crippen molar-refractivity contribution in [2.45, 2.75) is 25.3 Å². The van der Waals surface area contributed by atoms with Crippen LogP contribution in [0.15, 0.2) is 54.1 Å². The van der Waals surface area contributed by atoms with Gasteiger partial charge in [-0.15, -0.1) is 0 Å². The van der Waals surface area contributed by atoms with Crippen LogP contribution in [0.2, 0.25) is 0 Å². The molecule has 1 aliphatic rings. The molecule has 0 aliphatic heterocycles. The van der Waals surface area contributed by atoms with Crippen LogP contribution in [0, 0.1) is 11.3 Å². The molecule has 3 rings (SSSR count). The average molecular weight is 318 g/mol. The van der Waals surface area contributed by atoms with Gasteiger partial charge in [-0.3, -0.25) is 4.79 Å². The average Bonchev–Trinajstić information content (AvgIpc) is 2.60. The van der Waals surface area contributed by atoms with Crippen molar-refractivity contribution >= 4 is 12.0 Å². The molecule has 2 N–H and O–H groups in total. The van der Waals surface area contributed by atoms with E-state index in [-0.39, 0.29) is 23.3 Å². The lowest BCUT2D eigenvalue weighted by Gasteiger charge is -2.26. The highest BCUT2D eigenvalue weighted by molar-refractivity contribution is 6.01. The first-order valence-corrected chi connectivity index (χ1v) is 7.97. The number of carbonyl (C=O) groups excluding carboxylic acids is 1. The molecule has 2 aromatic carbocycles. The number of hydrogen-bond acceptors (Lipinski definition) is 3. The molecule has 0 fully saturated rings. The van der Waals surface area contributed by atoms with Gasteiger partial charge in [0.05, 0.1) is 6.04 Å². The Morgan fingerprint density at radius 1 is 1.25 bits per heavy atom. The van der Waals surface area contributed by atoms with Crippen LogP contribution in [0.4, 0.5) is 0 Å². The number of phenolic OH excluding ortho intramolecular Hbond substituents is 1. The van der Waals surface area contributed by atoms with Crippen LogP contribution >= 0.6 is 0 Å². The Kier molecular flexibility index (Phi) is 4.62. The molecule has 0 saturated heterocycles. The highest BCUT2D eigenvalue weighted by Gasteiger charge is 2.22. The lowest BCUT2D eigenvalue weighted by molar-refractivity contribution is -0.117. The standard InChI is InChI=1S/C20H18N2O2/c21-13-16(11-14-5-3-8-17(23)12-14)20(24)22-19-10-4-7-15-6-1-2-9-18(15)19/h1-3,5-6,8-9,11-12,19,23H,4,7,10H2,(H,22,24)/b16-11+. The molecule has 1 atom stereocenters. The number of hydrogen-bond donors (Lipinski definition) is 2. The molecule has 0 heterocycles. The first-order chi connectivity index (χ1) is 11.7. The van der Waals surface area contributed by atoms with Crippen LogP contribution in [0.5, 0.6) is 5.75 Å². The van der Waals surface area contributed by atoms with E-state index in [2.05, 4.69) is 11.4 Å². The topological polar surface area (TPSA) is 73.1 Å². The second-order valence-electron chi connectivity index (χ2n) is 5.88. The summed E-state index contributed by atoms with van der Waals surface area (Å²) in [6.45, 7) is 0. The second-order valence-corrected chi connectivity index (χ2v) is 5.88. The maximum absolute atomic E-state index is 12.5. The van der Waals surface area contributed by atoms with Crippen LogP contribution in [-0.2, 0) is 11.2 Å². The van der Waals surface area contributed by atoms with E-state index in [0.29, 0.717) is 5.56 Å². The third kappa shape index (κ3) is 3.47. The first-order valence-electron chi connectivity index (χ1n) is 7.97. The summed E-state index contributed by atoms with van der Waals surface area (Å²) in [6.07, 6.45) is 4.39. The molecule has 2 aromatic rings. The maximum Gasteiger partial charge on any atom is 0.262 e. The van der Waals surface area contributed by atoms with Crippen LogP contribution < -0.4 is 5.32 Å². The Morgan fingerprint density at radius 3 is 2.88 bits per heavy atom. The van der Waals surface area contributed by atoms with Crippen molar-refractivity contribution in [3.8, 4) is 11.8 Å². The van der Waals surface area contributed by atoms with Gasteiger partial charge in [-0.05, 0) is 54.2 Å². The number of phenols is 1. The van der Waals surface area contributed by atoms with Crippen LogP contribution in [0.25, 0.3) is 6.08 Å². The zero-order valence-corrected chi connectivity index (χ0v) is 13.2. The highest BCUT2D eigenvalue weighted by Crippen LogP contribution is 2.29. The smallest absolute Gasteiger partial charge is 0.262 e. The number of nitrogens with zero attached hydrogens (tertiary/aromatic N) is 1. The fraction of sp³-hybridized carbons (Fsp3) is 0.200. The third-order valence-electron chi connectivity index (χ3n) is 4.22. The number of nitrogens with one attached hydrogen (secondary N) is 1. The first kappa shape index (κ1) is 15.8. The number of fused-ring (bicyclic) bond motifs is 1. The summed E-state index contributed by atoms with van der Waals surface area (Å²) in [4.78, 5) is 12.5. The maximum atomic E-state index is 12.5. The molecular formula is C20H18N2O2. The van der Waals surface area contributed by atoms with Crippen LogP contribution in [0.3, 0.4) is 0 Å². The summed E-state index contributed by atoms with van der Waals surface area (Å²) in [5.74, 6) is -0.287. The molecule has 4 heteroatoms. The molecule has 0 spiro atoms. The molecule has 120 valence electrons. The quantitative estimate of drug-likeness (QED) is 0.672. The number of aryl methyl sites for hydroxylation is 1. The molecule has 1 amide bonds. The molecule has 0 aromatic heterocycles. The van der Waals surface area contributed by atoms with Crippen LogP contribution in [-0.4, -0.2) is 11.0 Å². The number of benzene rings is 2. The Labute approximate surface area is 141 Å². The van der Waals surface area contributed by atoms with Gasteiger partial charge in [0, 0.05) is 0 Å². The van der Waals surface area contributed by atoms with Gasteiger partial charge in [-0.2, -0.15) is 5.26 Å². The monoisotopic (exact) mass is 318 g/mol. The van der Waals surface area contributed by atoms with E-state index in [1.807, 2.05) is 24.3 Å². The number of rotatable bonds is 3. The third-order valence-corrected chi connectivity index (χ3v) is 4.22. The largest absolute Gasteiger partial charge is 0.508 e. The van der Waals surface area contributed by atoms with Crippen molar-refractivity contribution in [2.75, 3.05) is 0 Å². The Hall–Kier alpha value is -3.06. The number of aromatic hydroxyl groups is 1. The van der Waals surface area contributed by atoms with Gasteiger partial charge in [-0.25, -0.2) is 0 Å². The summed E-state index contributed by atoms with van der Waals surface area (Å²) in [5, 5.41) is 21.8. The van der Waals surface area contributed by atoms with Crippen molar-refractivity contribution < 1.29 is 9.90 Å². The normalized spacial score (nSPS) is 16.8.